The second kappa shape index (κ2) is 10.8. The maximum absolute atomic E-state index is 13.6. The lowest BCUT2D eigenvalue weighted by molar-refractivity contribution is -0.113. The Morgan fingerprint density at radius 1 is 0.857 bits per heavy atom. The van der Waals surface area contributed by atoms with Crippen molar-refractivity contribution >= 4 is 33.9 Å². The van der Waals surface area contributed by atoms with E-state index in [0.29, 0.717) is 53.4 Å². The van der Waals surface area contributed by atoms with Crippen molar-refractivity contribution in [2.45, 2.75) is 6.54 Å². The fourth-order valence-corrected chi connectivity index (χ4v) is 4.51. The van der Waals surface area contributed by atoms with Crippen LogP contribution in [0.15, 0.2) is 76.3 Å². The van der Waals surface area contributed by atoms with Gasteiger partial charge < -0.3 is 19.7 Å². The van der Waals surface area contributed by atoms with Crippen LogP contribution < -0.4 is 9.47 Å². The summed E-state index contributed by atoms with van der Waals surface area (Å²) in [5, 5.41) is 19.6. The Kier molecular flexibility index (Phi) is 7.58. The summed E-state index contributed by atoms with van der Waals surface area (Å²) in [5.74, 6) is 1.08. The molecule has 0 amide bonds. The highest BCUT2D eigenvalue weighted by Gasteiger charge is 2.27. The van der Waals surface area contributed by atoms with Crippen molar-refractivity contribution < 1.29 is 24.5 Å². The van der Waals surface area contributed by atoms with Crippen LogP contribution in [-0.4, -0.2) is 48.2 Å². The topological polar surface area (TPSA) is 79.2 Å². The second-order valence-corrected chi connectivity index (χ2v) is 9.11. The number of phenolic OH excluding ortho intramolecular Hbond substituents is 2. The third-order valence-corrected chi connectivity index (χ3v) is 6.59. The van der Waals surface area contributed by atoms with Gasteiger partial charge in [-0.25, -0.2) is 0 Å². The number of carbonyl (C=O) groups excluding carboxylic acids is 1. The number of ether oxygens (including phenoxy) is 2. The fourth-order valence-electron chi connectivity index (χ4n) is 4.10. The number of likely N-dealkylation sites (tertiary alicyclic amines) is 1. The van der Waals surface area contributed by atoms with Gasteiger partial charge in [0, 0.05) is 58.5 Å². The highest BCUT2D eigenvalue weighted by atomic mass is 79.9. The number of halogens is 1. The van der Waals surface area contributed by atoms with Gasteiger partial charge in [0.1, 0.15) is 23.0 Å². The van der Waals surface area contributed by atoms with Crippen LogP contribution in [0.4, 0.5) is 0 Å². The van der Waals surface area contributed by atoms with Crippen LogP contribution in [0, 0.1) is 0 Å². The zero-order chi connectivity index (χ0) is 24.9. The number of rotatable bonds is 6. The maximum atomic E-state index is 13.6. The van der Waals surface area contributed by atoms with Crippen molar-refractivity contribution in [3.8, 4) is 23.0 Å². The van der Waals surface area contributed by atoms with E-state index in [4.69, 9.17) is 9.47 Å². The maximum Gasteiger partial charge on any atom is 0.187 e. The Morgan fingerprint density at radius 2 is 1.37 bits per heavy atom. The Bertz CT molecular complexity index is 1240. The molecule has 3 aromatic carbocycles. The third-order valence-electron chi connectivity index (χ3n) is 5.82. The van der Waals surface area contributed by atoms with E-state index in [1.54, 1.807) is 24.3 Å². The van der Waals surface area contributed by atoms with Gasteiger partial charge >= 0.3 is 0 Å². The van der Waals surface area contributed by atoms with Gasteiger partial charge in [0.25, 0.3) is 0 Å². The molecule has 3 aromatic rings. The molecule has 0 radical (unpaired) electrons. The molecule has 1 aliphatic heterocycles. The summed E-state index contributed by atoms with van der Waals surface area (Å²) in [7, 11) is 3.06. The zero-order valence-corrected chi connectivity index (χ0v) is 21.1. The molecule has 0 atom stereocenters. The van der Waals surface area contributed by atoms with Gasteiger partial charge in [0.05, 0.1) is 14.2 Å². The number of hydrogen-bond donors (Lipinski definition) is 2. The first-order valence-corrected chi connectivity index (χ1v) is 11.8. The van der Waals surface area contributed by atoms with Crippen molar-refractivity contribution in [3.63, 3.8) is 0 Å². The smallest absolute Gasteiger partial charge is 0.187 e. The van der Waals surface area contributed by atoms with E-state index in [-0.39, 0.29) is 17.3 Å². The molecule has 7 heteroatoms. The van der Waals surface area contributed by atoms with Crippen LogP contribution >= 0.6 is 15.9 Å². The summed E-state index contributed by atoms with van der Waals surface area (Å²) in [5.41, 5.74) is 3.74. The van der Waals surface area contributed by atoms with Crippen molar-refractivity contribution in [1.29, 1.82) is 0 Å². The van der Waals surface area contributed by atoms with E-state index in [2.05, 4.69) is 26.9 Å². The SMILES string of the molecule is COc1cc(O)ccc1C=C1CN(Cc2ccccc2Br)CC(=Cc2ccc(O)cc2OC)C1=O. The largest absolute Gasteiger partial charge is 0.508 e. The van der Waals surface area contributed by atoms with Gasteiger partial charge in [0.15, 0.2) is 5.78 Å². The number of nitrogens with zero attached hydrogens (tertiary/aromatic N) is 1. The minimum Gasteiger partial charge on any atom is -0.508 e. The van der Waals surface area contributed by atoms with E-state index in [9.17, 15) is 15.0 Å². The number of piperidine rings is 1. The molecule has 1 fully saturated rings. The van der Waals surface area contributed by atoms with E-state index in [1.807, 2.05) is 30.4 Å². The van der Waals surface area contributed by atoms with Crippen LogP contribution in [0.3, 0.4) is 0 Å². The first-order chi connectivity index (χ1) is 16.9. The monoisotopic (exact) mass is 535 g/mol. The molecular formula is C28H26BrNO5. The van der Waals surface area contributed by atoms with Gasteiger partial charge in [-0.15, -0.1) is 0 Å². The van der Waals surface area contributed by atoms with E-state index >= 15 is 0 Å². The minimum atomic E-state index is -0.0707. The molecule has 2 N–H and O–H groups in total. The number of ketones is 1. The molecule has 0 aliphatic carbocycles. The van der Waals surface area contributed by atoms with Crippen molar-refractivity contribution in [1.82, 2.24) is 4.90 Å². The fraction of sp³-hybridized carbons (Fsp3) is 0.179. The molecule has 1 heterocycles. The number of carbonyl (C=O) groups is 1. The lowest BCUT2D eigenvalue weighted by Crippen LogP contribution is -2.37. The molecule has 1 saturated heterocycles. The zero-order valence-electron chi connectivity index (χ0n) is 19.5. The van der Waals surface area contributed by atoms with Crippen molar-refractivity contribution in [2.24, 2.45) is 0 Å². The first kappa shape index (κ1) is 24.6. The summed E-state index contributed by atoms with van der Waals surface area (Å²) in [6.07, 6.45) is 3.63. The molecule has 4 rings (SSSR count). The predicted molar refractivity (Wildman–Crippen MR) is 140 cm³/mol. The molecule has 35 heavy (non-hydrogen) atoms. The molecule has 0 spiro atoms. The molecule has 1 aliphatic rings. The molecule has 180 valence electrons. The average molecular weight is 536 g/mol. The molecule has 0 unspecified atom stereocenters. The Balaban J connectivity index is 1.76. The molecule has 6 nitrogen and oxygen atoms in total. The number of methoxy groups -OCH3 is 2. The van der Waals surface area contributed by atoms with Crippen LogP contribution in [-0.2, 0) is 11.3 Å². The van der Waals surface area contributed by atoms with Crippen molar-refractivity contribution in [2.75, 3.05) is 27.3 Å². The minimum absolute atomic E-state index is 0.0707. The molecule has 0 bridgehead atoms. The standard InChI is InChI=1S/C28H26BrNO5/c1-34-26-13-23(31)9-7-18(26)11-21-16-30(15-20-5-3-4-6-25(20)29)17-22(28(21)33)12-19-8-10-24(32)14-27(19)35-2/h3-14,31-32H,15-17H2,1-2H3. The van der Waals surface area contributed by atoms with Crippen LogP contribution in [0.25, 0.3) is 12.2 Å². The Hall–Kier alpha value is -3.55. The predicted octanol–water partition coefficient (Wildman–Crippen LogP) is 5.43. The van der Waals surface area contributed by atoms with Gasteiger partial charge in [0.2, 0.25) is 0 Å². The second-order valence-electron chi connectivity index (χ2n) is 8.26. The average Bonchev–Trinajstić information content (AvgIpc) is 2.85. The van der Waals surface area contributed by atoms with Crippen LogP contribution in [0.5, 0.6) is 23.0 Å². The summed E-state index contributed by atoms with van der Waals surface area (Å²) in [6.45, 7) is 1.55. The lowest BCUT2D eigenvalue weighted by atomic mass is 9.93. The quantitative estimate of drug-likeness (QED) is 0.409. The Morgan fingerprint density at radius 3 is 1.86 bits per heavy atom. The van der Waals surface area contributed by atoms with E-state index in [0.717, 1.165) is 10.0 Å². The number of Topliss-reactive ketones (excluding diaryl/α,β-unsaturated/α-hetero) is 1. The lowest BCUT2D eigenvalue weighted by Gasteiger charge is -2.30. The van der Waals surface area contributed by atoms with E-state index in [1.165, 1.54) is 26.4 Å². The summed E-state index contributed by atoms with van der Waals surface area (Å²) >= 11 is 3.62. The van der Waals surface area contributed by atoms with Gasteiger partial charge in [-0.1, -0.05) is 34.1 Å². The van der Waals surface area contributed by atoms with Gasteiger partial charge in [-0.05, 0) is 48.0 Å². The van der Waals surface area contributed by atoms with E-state index < -0.39 is 0 Å². The third kappa shape index (κ3) is 5.75. The van der Waals surface area contributed by atoms with Gasteiger partial charge in [-0.3, -0.25) is 9.69 Å². The number of hydrogen-bond acceptors (Lipinski definition) is 6. The summed E-state index contributed by atoms with van der Waals surface area (Å²) < 4.78 is 11.8. The van der Waals surface area contributed by atoms with Crippen molar-refractivity contribution in [3.05, 3.63) is 93.0 Å². The van der Waals surface area contributed by atoms with Crippen LogP contribution in [0.2, 0.25) is 0 Å². The normalized spacial score (nSPS) is 16.6. The number of aromatic hydroxyl groups is 2. The highest BCUT2D eigenvalue weighted by Crippen LogP contribution is 2.31. The molecular weight excluding hydrogens is 510 g/mol. The molecule has 0 aromatic heterocycles. The summed E-state index contributed by atoms with van der Waals surface area (Å²) in [6, 6.07) is 17.7. The van der Waals surface area contributed by atoms with Gasteiger partial charge in [-0.2, -0.15) is 0 Å². The Labute approximate surface area is 212 Å². The number of phenols is 2. The highest BCUT2D eigenvalue weighted by molar-refractivity contribution is 9.10. The summed E-state index contributed by atoms with van der Waals surface area (Å²) in [4.78, 5) is 15.8. The first-order valence-electron chi connectivity index (χ1n) is 11.0. The number of benzene rings is 3. The molecule has 0 saturated carbocycles. The van der Waals surface area contributed by atoms with Crippen LogP contribution in [0.1, 0.15) is 16.7 Å².